The van der Waals surface area contributed by atoms with Gasteiger partial charge in [-0.05, 0) is 44.5 Å². The first kappa shape index (κ1) is 15.3. The highest BCUT2D eigenvalue weighted by atomic mass is 35.5. The van der Waals surface area contributed by atoms with Crippen LogP contribution in [0.15, 0.2) is 24.3 Å². The van der Waals surface area contributed by atoms with Crippen LogP contribution in [0.4, 0.5) is 5.69 Å². The molecule has 0 saturated heterocycles. The Kier molecular flexibility index (Phi) is 6.51. The van der Waals surface area contributed by atoms with E-state index >= 15 is 0 Å². The van der Waals surface area contributed by atoms with Gasteiger partial charge in [-0.1, -0.05) is 31.5 Å². The Morgan fingerprint density at radius 1 is 1.28 bits per heavy atom. The van der Waals surface area contributed by atoms with Gasteiger partial charge in [-0.15, -0.1) is 0 Å². The molecule has 1 atom stereocenters. The highest BCUT2D eigenvalue weighted by Gasteiger charge is 2.10. The molecule has 0 aliphatic carbocycles. The molecule has 1 aromatic carbocycles. The molecule has 0 radical (unpaired) electrons. The van der Waals surface area contributed by atoms with Gasteiger partial charge in [0.25, 0.3) is 0 Å². The molecule has 2 nitrogen and oxygen atoms in total. The first-order valence-electron chi connectivity index (χ1n) is 6.68. The van der Waals surface area contributed by atoms with Crippen LogP contribution < -0.4 is 5.32 Å². The Morgan fingerprint density at radius 3 is 2.61 bits per heavy atom. The lowest BCUT2D eigenvalue weighted by molar-refractivity contribution is 0.236. The summed E-state index contributed by atoms with van der Waals surface area (Å²) in [5.74, 6) is 0.753. The summed E-state index contributed by atoms with van der Waals surface area (Å²) in [5.41, 5.74) is 1.09. The number of nitrogens with one attached hydrogen (secondary N) is 1. The fourth-order valence-corrected chi connectivity index (χ4v) is 2.25. The maximum Gasteiger partial charge on any atom is 0.0426 e. The minimum Gasteiger partial charge on any atom is -0.384 e. The molecule has 1 N–H and O–H groups in total. The Morgan fingerprint density at radius 2 is 2.00 bits per heavy atom. The Balaban J connectivity index is 2.29. The number of benzene rings is 1. The molecule has 1 aromatic rings. The third-order valence-electron chi connectivity index (χ3n) is 3.18. The van der Waals surface area contributed by atoms with E-state index in [0.29, 0.717) is 6.04 Å². The van der Waals surface area contributed by atoms with E-state index in [4.69, 9.17) is 11.6 Å². The molecule has 0 spiro atoms. The highest BCUT2D eigenvalue weighted by Crippen LogP contribution is 2.14. The van der Waals surface area contributed by atoms with Crippen molar-refractivity contribution in [1.29, 1.82) is 0 Å². The third kappa shape index (κ3) is 5.74. The largest absolute Gasteiger partial charge is 0.384 e. The SMILES string of the molecule is CC(C)CC(C)N(C)CCNc1cccc(Cl)c1. The lowest BCUT2D eigenvalue weighted by Crippen LogP contribution is -2.34. The zero-order chi connectivity index (χ0) is 13.5. The maximum atomic E-state index is 5.94. The van der Waals surface area contributed by atoms with Crippen LogP contribution in [0.2, 0.25) is 5.02 Å². The minimum absolute atomic E-state index is 0.631. The normalized spacial score (nSPS) is 13.1. The van der Waals surface area contributed by atoms with Gasteiger partial charge >= 0.3 is 0 Å². The van der Waals surface area contributed by atoms with Crippen molar-refractivity contribution in [3.63, 3.8) is 0 Å². The molecule has 0 fully saturated rings. The van der Waals surface area contributed by atoms with E-state index in [1.54, 1.807) is 0 Å². The van der Waals surface area contributed by atoms with E-state index in [-0.39, 0.29) is 0 Å². The second-order valence-electron chi connectivity index (χ2n) is 5.40. The van der Waals surface area contributed by atoms with Crippen molar-refractivity contribution in [1.82, 2.24) is 4.90 Å². The van der Waals surface area contributed by atoms with Crippen molar-refractivity contribution in [2.75, 3.05) is 25.5 Å². The van der Waals surface area contributed by atoms with Crippen LogP contribution in [0.5, 0.6) is 0 Å². The third-order valence-corrected chi connectivity index (χ3v) is 3.42. The molecule has 0 aliphatic rings. The van der Waals surface area contributed by atoms with Crippen LogP contribution in [0, 0.1) is 5.92 Å². The molecule has 102 valence electrons. The number of halogens is 1. The van der Waals surface area contributed by atoms with Gasteiger partial charge in [0.1, 0.15) is 0 Å². The van der Waals surface area contributed by atoms with E-state index in [9.17, 15) is 0 Å². The van der Waals surface area contributed by atoms with E-state index in [2.05, 4.69) is 38.0 Å². The summed E-state index contributed by atoms with van der Waals surface area (Å²) in [6, 6.07) is 8.49. The molecule has 0 aromatic heterocycles. The maximum absolute atomic E-state index is 5.94. The molecular formula is C15H25ClN2. The Bertz CT molecular complexity index is 352. The number of likely N-dealkylation sites (N-methyl/N-ethyl adjacent to an activating group) is 1. The van der Waals surface area contributed by atoms with Crippen LogP contribution in [0.25, 0.3) is 0 Å². The number of hydrogen-bond acceptors (Lipinski definition) is 2. The summed E-state index contributed by atoms with van der Waals surface area (Å²) in [4.78, 5) is 2.40. The van der Waals surface area contributed by atoms with Gasteiger partial charge in [0.15, 0.2) is 0 Å². The monoisotopic (exact) mass is 268 g/mol. The first-order valence-corrected chi connectivity index (χ1v) is 7.06. The summed E-state index contributed by atoms with van der Waals surface area (Å²) in [5, 5.41) is 4.18. The van der Waals surface area contributed by atoms with Crippen LogP contribution in [-0.4, -0.2) is 31.1 Å². The number of rotatable bonds is 7. The van der Waals surface area contributed by atoms with Crippen molar-refractivity contribution >= 4 is 17.3 Å². The average molecular weight is 269 g/mol. The van der Waals surface area contributed by atoms with E-state index in [1.165, 1.54) is 6.42 Å². The molecule has 1 rings (SSSR count). The molecule has 0 amide bonds. The van der Waals surface area contributed by atoms with Crippen molar-refractivity contribution in [3.05, 3.63) is 29.3 Å². The lowest BCUT2D eigenvalue weighted by atomic mass is 10.0. The van der Waals surface area contributed by atoms with Gasteiger partial charge in [-0.25, -0.2) is 0 Å². The van der Waals surface area contributed by atoms with E-state index in [1.807, 2.05) is 24.3 Å². The quantitative estimate of drug-likeness (QED) is 0.800. The van der Waals surface area contributed by atoms with Gasteiger partial charge in [-0.2, -0.15) is 0 Å². The van der Waals surface area contributed by atoms with Crippen molar-refractivity contribution in [2.45, 2.75) is 33.2 Å². The standard InChI is InChI=1S/C15H25ClN2/c1-12(2)10-13(3)18(4)9-8-17-15-7-5-6-14(16)11-15/h5-7,11-13,17H,8-10H2,1-4H3. The van der Waals surface area contributed by atoms with Gasteiger partial charge < -0.3 is 10.2 Å². The molecule has 0 heterocycles. The molecule has 3 heteroatoms. The first-order chi connectivity index (χ1) is 8.49. The average Bonchev–Trinajstić information content (AvgIpc) is 2.28. The van der Waals surface area contributed by atoms with Crippen LogP contribution >= 0.6 is 11.6 Å². The van der Waals surface area contributed by atoms with Crippen LogP contribution in [-0.2, 0) is 0 Å². The smallest absolute Gasteiger partial charge is 0.0426 e. The predicted octanol–water partition coefficient (Wildman–Crippen LogP) is 4.12. The summed E-state index contributed by atoms with van der Waals surface area (Å²) in [7, 11) is 2.19. The topological polar surface area (TPSA) is 15.3 Å². The van der Waals surface area contributed by atoms with Gasteiger partial charge in [0.05, 0.1) is 0 Å². The van der Waals surface area contributed by atoms with Crippen LogP contribution in [0.3, 0.4) is 0 Å². The summed E-state index contributed by atoms with van der Waals surface area (Å²) < 4.78 is 0. The minimum atomic E-state index is 0.631. The zero-order valence-electron chi connectivity index (χ0n) is 11.9. The van der Waals surface area contributed by atoms with Gasteiger partial charge in [-0.3, -0.25) is 0 Å². The zero-order valence-corrected chi connectivity index (χ0v) is 12.7. The van der Waals surface area contributed by atoms with Crippen molar-refractivity contribution < 1.29 is 0 Å². The summed E-state index contributed by atoms with van der Waals surface area (Å²) in [6.45, 7) is 8.82. The lowest BCUT2D eigenvalue weighted by Gasteiger charge is -2.26. The summed E-state index contributed by atoms with van der Waals surface area (Å²) in [6.07, 6.45) is 1.24. The van der Waals surface area contributed by atoms with E-state index in [0.717, 1.165) is 29.7 Å². The molecule has 18 heavy (non-hydrogen) atoms. The van der Waals surface area contributed by atoms with Gasteiger partial charge in [0, 0.05) is 29.8 Å². The van der Waals surface area contributed by atoms with Gasteiger partial charge in [0.2, 0.25) is 0 Å². The number of nitrogens with zero attached hydrogens (tertiary/aromatic N) is 1. The summed E-state index contributed by atoms with van der Waals surface area (Å²) >= 11 is 5.94. The van der Waals surface area contributed by atoms with Crippen LogP contribution in [0.1, 0.15) is 27.2 Å². The Labute approximate surface area is 116 Å². The van der Waals surface area contributed by atoms with E-state index < -0.39 is 0 Å². The molecule has 0 aliphatic heterocycles. The second kappa shape index (κ2) is 7.65. The molecule has 1 unspecified atom stereocenters. The van der Waals surface area contributed by atoms with Crippen molar-refractivity contribution in [2.24, 2.45) is 5.92 Å². The molecule has 0 saturated carbocycles. The Hall–Kier alpha value is -0.730. The predicted molar refractivity (Wildman–Crippen MR) is 81.5 cm³/mol. The van der Waals surface area contributed by atoms with Crippen molar-refractivity contribution in [3.8, 4) is 0 Å². The molecule has 0 bridgehead atoms. The second-order valence-corrected chi connectivity index (χ2v) is 5.83. The fourth-order valence-electron chi connectivity index (χ4n) is 2.06. The number of anilines is 1. The fraction of sp³-hybridized carbons (Fsp3) is 0.600. The number of hydrogen-bond donors (Lipinski definition) is 1. The molecular weight excluding hydrogens is 244 g/mol. The highest BCUT2D eigenvalue weighted by molar-refractivity contribution is 6.30.